The summed E-state index contributed by atoms with van der Waals surface area (Å²) in [5.41, 5.74) is 1.36. The third-order valence-corrected chi connectivity index (χ3v) is 3.17. The van der Waals surface area contributed by atoms with E-state index in [-0.39, 0.29) is 5.28 Å². The minimum absolute atomic E-state index is 0.200. The molecule has 90 valence electrons. The molecule has 2 aromatic heterocycles. The van der Waals surface area contributed by atoms with Crippen molar-refractivity contribution < 1.29 is 0 Å². The Hall–Kier alpha value is -1.27. The zero-order valence-electron chi connectivity index (χ0n) is 9.11. The topological polar surface area (TPSA) is 66.5 Å². The van der Waals surface area contributed by atoms with Gasteiger partial charge in [-0.05, 0) is 11.6 Å². The van der Waals surface area contributed by atoms with Crippen LogP contribution >= 0.6 is 23.4 Å². The minimum Gasteiger partial charge on any atom is -0.367 e. The van der Waals surface area contributed by atoms with Crippen LogP contribution in [-0.2, 0) is 0 Å². The van der Waals surface area contributed by atoms with Gasteiger partial charge in [-0.15, -0.1) is 6.58 Å². The Kier molecular flexibility index (Phi) is 4.22. The largest absolute Gasteiger partial charge is 0.367 e. The SMILES string of the molecule is C=CCSCCNc1nc(Cl)nc2nc[nH]c12. The van der Waals surface area contributed by atoms with Crippen molar-refractivity contribution in [3.05, 3.63) is 24.3 Å². The molecular formula is C10H12ClN5S. The Morgan fingerprint density at radius 3 is 3.24 bits per heavy atom. The first-order valence-electron chi connectivity index (χ1n) is 5.10. The second-order valence-electron chi connectivity index (χ2n) is 3.23. The van der Waals surface area contributed by atoms with E-state index in [2.05, 4.69) is 31.8 Å². The number of nitrogens with zero attached hydrogens (tertiary/aromatic N) is 3. The van der Waals surface area contributed by atoms with E-state index < -0.39 is 0 Å². The van der Waals surface area contributed by atoms with Crippen LogP contribution in [0.3, 0.4) is 0 Å². The van der Waals surface area contributed by atoms with Crippen molar-refractivity contribution >= 4 is 40.3 Å². The van der Waals surface area contributed by atoms with Crippen molar-refractivity contribution in [3.63, 3.8) is 0 Å². The minimum atomic E-state index is 0.200. The number of hydrogen-bond donors (Lipinski definition) is 2. The smallest absolute Gasteiger partial charge is 0.226 e. The van der Waals surface area contributed by atoms with E-state index >= 15 is 0 Å². The number of imidazole rings is 1. The van der Waals surface area contributed by atoms with Gasteiger partial charge in [-0.3, -0.25) is 0 Å². The summed E-state index contributed by atoms with van der Waals surface area (Å²) in [5, 5.41) is 3.41. The van der Waals surface area contributed by atoms with Crippen LogP contribution < -0.4 is 5.32 Å². The normalized spacial score (nSPS) is 10.6. The van der Waals surface area contributed by atoms with Crippen LogP contribution in [0.5, 0.6) is 0 Å². The van der Waals surface area contributed by atoms with Crippen molar-refractivity contribution in [1.29, 1.82) is 0 Å². The monoisotopic (exact) mass is 269 g/mol. The van der Waals surface area contributed by atoms with Gasteiger partial charge in [0, 0.05) is 18.1 Å². The number of anilines is 1. The molecule has 2 aromatic rings. The van der Waals surface area contributed by atoms with Gasteiger partial charge in [-0.1, -0.05) is 6.08 Å². The second-order valence-corrected chi connectivity index (χ2v) is 4.72. The first kappa shape index (κ1) is 12.2. The average Bonchev–Trinajstić information content (AvgIpc) is 2.76. The highest BCUT2D eigenvalue weighted by Gasteiger charge is 2.07. The Morgan fingerprint density at radius 1 is 1.53 bits per heavy atom. The molecule has 0 spiro atoms. The molecule has 0 fully saturated rings. The Bertz CT molecular complexity index is 512. The molecule has 0 aliphatic heterocycles. The van der Waals surface area contributed by atoms with Crippen molar-refractivity contribution in [3.8, 4) is 0 Å². The Balaban J connectivity index is 2.02. The third-order valence-electron chi connectivity index (χ3n) is 2.03. The summed E-state index contributed by atoms with van der Waals surface area (Å²) >= 11 is 7.61. The maximum absolute atomic E-state index is 5.81. The van der Waals surface area contributed by atoms with Crippen molar-refractivity contribution in [2.45, 2.75) is 0 Å². The van der Waals surface area contributed by atoms with Gasteiger partial charge in [-0.2, -0.15) is 21.7 Å². The lowest BCUT2D eigenvalue weighted by Gasteiger charge is -2.05. The van der Waals surface area contributed by atoms with Gasteiger partial charge < -0.3 is 10.3 Å². The lowest BCUT2D eigenvalue weighted by Crippen LogP contribution is -2.07. The summed E-state index contributed by atoms with van der Waals surface area (Å²) in [4.78, 5) is 15.2. The molecule has 0 saturated carbocycles. The van der Waals surface area contributed by atoms with Crippen LogP contribution in [0.4, 0.5) is 5.82 Å². The highest BCUT2D eigenvalue weighted by Crippen LogP contribution is 2.18. The molecule has 2 heterocycles. The highest BCUT2D eigenvalue weighted by atomic mass is 35.5. The molecule has 0 aliphatic rings. The highest BCUT2D eigenvalue weighted by molar-refractivity contribution is 7.99. The quantitative estimate of drug-likeness (QED) is 0.479. The van der Waals surface area contributed by atoms with Crippen LogP contribution in [0.25, 0.3) is 11.2 Å². The van der Waals surface area contributed by atoms with Crippen molar-refractivity contribution in [2.24, 2.45) is 0 Å². The van der Waals surface area contributed by atoms with Crippen LogP contribution in [0, 0.1) is 0 Å². The molecule has 7 heteroatoms. The molecule has 2 N–H and O–H groups in total. The number of nitrogens with one attached hydrogen (secondary N) is 2. The second kappa shape index (κ2) is 5.88. The summed E-state index contributed by atoms with van der Waals surface area (Å²) < 4.78 is 0. The number of aromatic nitrogens is 4. The number of rotatable bonds is 6. The van der Waals surface area contributed by atoms with Gasteiger partial charge in [0.05, 0.1) is 6.33 Å². The molecule has 0 bridgehead atoms. The zero-order valence-corrected chi connectivity index (χ0v) is 10.7. The van der Waals surface area contributed by atoms with Gasteiger partial charge in [0.2, 0.25) is 5.28 Å². The van der Waals surface area contributed by atoms with E-state index in [1.54, 1.807) is 18.1 Å². The van der Waals surface area contributed by atoms with E-state index in [1.165, 1.54) is 0 Å². The van der Waals surface area contributed by atoms with Crippen LogP contribution in [0.2, 0.25) is 5.28 Å². The van der Waals surface area contributed by atoms with E-state index in [1.807, 2.05) is 6.08 Å². The molecular weight excluding hydrogens is 258 g/mol. The molecule has 0 aromatic carbocycles. The number of hydrogen-bond acceptors (Lipinski definition) is 5. The van der Waals surface area contributed by atoms with Crippen LogP contribution in [0.15, 0.2) is 19.0 Å². The van der Waals surface area contributed by atoms with Crippen molar-refractivity contribution in [1.82, 2.24) is 19.9 Å². The van der Waals surface area contributed by atoms with Crippen LogP contribution in [0.1, 0.15) is 0 Å². The number of thioether (sulfide) groups is 1. The van der Waals surface area contributed by atoms with Gasteiger partial charge >= 0.3 is 0 Å². The van der Waals surface area contributed by atoms with E-state index in [0.29, 0.717) is 11.5 Å². The number of halogens is 1. The predicted octanol–water partition coefficient (Wildman–Crippen LogP) is 2.34. The standard InChI is InChI=1S/C10H12ClN5S/c1-2-4-17-5-3-12-8-7-9(14-6-13-7)16-10(11)15-8/h2,6H,1,3-5H2,(H2,12,13,14,15,16). The Morgan fingerprint density at radius 2 is 2.41 bits per heavy atom. The average molecular weight is 270 g/mol. The lowest BCUT2D eigenvalue weighted by molar-refractivity contribution is 1.14. The van der Waals surface area contributed by atoms with Gasteiger partial charge in [0.25, 0.3) is 0 Å². The number of fused-ring (bicyclic) bond motifs is 1. The van der Waals surface area contributed by atoms with E-state index in [4.69, 9.17) is 11.6 Å². The van der Waals surface area contributed by atoms with Gasteiger partial charge in [0.1, 0.15) is 5.52 Å². The van der Waals surface area contributed by atoms with Gasteiger partial charge in [0.15, 0.2) is 11.5 Å². The third kappa shape index (κ3) is 3.10. The molecule has 0 radical (unpaired) electrons. The summed E-state index contributed by atoms with van der Waals surface area (Å²) in [5.74, 6) is 2.62. The molecule has 5 nitrogen and oxygen atoms in total. The Labute approximate surface area is 108 Å². The molecule has 0 unspecified atom stereocenters. The molecule has 0 saturated heterocycles. The molecule has 0 aliphatic carbocycles. The molecule has 0 amide bonds. The predicted molar refractivity (Wildman–Crippen MR) is 72.7 cm³/mol. The fourth-order valence-corrected chi connectivity index (χ4v) is 2.09. The summed E-state index contributed by atoms with van der Waals surface area (Å²) in [7, 11) is 0. The summed E-state index contributed by atoms with van der Waals surface area (Å²) in [6.07, 6.45) is 3.46. The summed E-state index contributed by atoms with van der Waals surface area (Å²) in [6, 6.07) is 0. The molecule has 2 rings (SSSR count). The molecule has 17 heavy (non-hydrogen) atoms. The molecule has 0 atom stereocenters. The summed E-state index contributed by atoms with van der Waals surface area (Å²) in [6.45, 7) is 4.48. The van der Waals surface area contributed by atoms with E-state index in [0.717, 1.165) is 23.6 Å². The fraction of sp³-hybridized carbons (Fsp3) is 0.300. The zero-order chi connectivity index (χ0) is 12.1. The maximum atomic E-state index is 5.81. The van der Waals surface area contributed by atoms with Crippen LogP contribution in [-0.4, -0.2) is 38.0 Å². The first-order chi connectivity index (χ1) is 8.31. The maximum Gasteiger partial charge on any atom is 0.226 e. The van der Waals surface area contributed by atoms with E-state index in [9.17, 15) is 0 Å². The lowest BCUT2D eigenvalue weighted by atomic mass is 10.5. The number of aromatic amines is 1. The van der Waals surface area contributed by atoms with Gasteiger partial charge in [-0.25, -0.2) is 4.98 Å². The van der Waals surface area contributed by atoms with Crippen molar-refractivity contribution in [2.75, 3.05) is 23.4 Å². The fourth-order valence-electron chi connectivity index (χ4n) is 1.34. The number of H-pyrrole nitrogens is 1. The first-order valence-corrected chi connectivity index (χ1v) is 6.63.